The minimum atomic E-state index is -0.165. The average molecular weight is 372 g/mol. The lowest BCUT2D eigenvalue weighted by Gasteiger charge is -2.19. The van der Waals surface area contributed by atoms with Crippen molar-refractivity contribution in [1.29, 1.82) is 0 Å². The fourth-order valence-corrected chi connectivity index (χ4v) is 2.95. The zero-order valence-corrected chi connectivity index (χ0v) is 15.5. The van der Waals surface area contributed by atoms with Crippen molar-refractivity contribution in [1.82, 2.24) is 19.6 Å². The Balaban J connectivity index is 1.36. The smallest absolute Gasteiger partial charge is 0.252 e. The number of amides is 1. The zero-order chi connectivity index (χ0) is 19.3. The van der Waals surface area contributed by atoms with Crippen molar-refractivity contribution in [2.45, 2.75) is 13.0 Å². The first-order chi connectivity index (χ1) is 13.7. The fraction of sp³-hybridized carbons (Fsp3) is 0.143. The van der Waals surface area contributed by atoms with E-state index >= 15 is 0 Å². The molecule has 4 aromatic rings. The normalized spacial score (nSPS) is 10.8. The standard InChI is InChI=1S/C21H20N6O/c1-26(15-16-6-3-2-4-7-16)18-10-8-17(9-11-18)23-20(28)14-19-24-21-22-12-5-13-27(21)25-19/h2-13H,14-15H2,1H3,(H,23,28). The van der Waals surface area contributed by atoms with Crippen LogP contribution in [0.4, 0.5) is 11.4 Å². The summed E-state index contributed by atoms with van der Waals surface area (Å²) >= 11 is 0. The Bertz CT molecular complexity index is 1040. The molecule has 2 aromatic heterocycles. The van der Waals surface area contributed by atoms with Crippen molar-refractivity contribution in [2.75, 3.05) is 17.3 Å². The molecule has 1 N–H and O–H groups in total. The Morgan fingerprint density at radius 1 is 1.07 bits per heavy atom. The van der Waals surface area contributed by atoms with Crippen LogP contribution in [-0.4, -0.2) is 32.5 Å². The summed E-state index contributed by atoms with van der Waals surface area (Å²) in [4.78, 5) is 22.8. The van der Waals surface area contributed by atoms with Crippen LogP contribution in [0.15, 0.2) is 73.1 Å². The predicted octanol–water partition coefficient (Wildman–Crippen LogP) is 2.94. The van der Waals surface area contributed by atoms with Gasteiger partial charge in [0, 0.05) is 37.4 Å². The van der Waals surface area contributed by atoms with Crippen LogP contribution < -0.4 is 10.2 Å². The van der Waals surface area contributed by atoms with E-state index in [2.05, 4.69) is 37.4 Å². The number of nitrogens with zero attached hydrogens (tertiary/aromatic N) is 5. The predicted molar refractivity (Wildman–Crippen MR) is 108 cm³/mol. The van der Waals surface area contributed by atoms with Gasteiger partial charge in [0.25, 0.3) is 5.78 Å². The summed E-state index contributed by atoms with van der Waals surface area (Å²) in [6, 6.07) is 19.8. The third-order valence-electron chi connectivity index (χ3n) is 4.33. The van der Waals surface area contributed by atoms with E-state index in [4.69, 9.17) is 0 Å². The molecule has 0 spiro atoms. The van der Waals surface area contributed by atoms with Crippen molar-refractivity contribution < 1.29 is 4.79 Å². The van der Waals surface area contributed by atoms with E-state index in [-0.39, 0.29) is 12.3 Å². The van der Waals surface area contributed by atoms with Gasteiger partial charge in [0.15, 0.2) is 5.82 Å². The Morgan fingerprint density at radius 3 is 2.61 bits per heavy atom. The van der Waals surface area contributed by atoms with Crippen LogP contribution in [0.1, 0.15) is 11.4 Å². The number of fused-ring (bicyclic) bond motifs is 1. The molecule has 0 fully saturated rings. The molecule has 0 aliphatic rings. The number of benzene rings is 2. The molecule has 0 atom stereocenters. The van der Waals surface area contributed by atoms with Gasteiger partial charge in [0.1, 0.15) is 0 Å². The molecule has 140 valence electrons. The second-order valence-corrected chi connectivity index (χ2v) is 6.51. The average Bonchev–Trinajstić information content (AvgIpc) is 3.11. The first-order valence-corrected chi connectivity index (χ1v) is 8.98. The van der Waals surface area contributed by atoms with Crippen LogP contribution in [-0.2, 0) is 17.8 Å². The fourth-order valence-electron chi connectivity index (χ4n) is 2.95. The molecule has 2 heterocycles. The number of aromatic nitrogens is 4. The lowest BCUT2D eigenvalue weighted by atomic mass is 10.2. The van der Waals surface area contributed by atoms with Gasteiger partial charge in [0.2, 0.25) is 5.91 Å². The summed E-state index contributed by atoms with van der Waals surface area (Å²) in [5.41, 5.74) is 3.07. The van der Waals surface area contributed by atoms with Gasteiger partial charge in [-0.1, -0.05) is 30.3 Å². The van der Waals surface area contributed by atoms with E-state index in [1.807, 2.05) is 49.5 Å². The summed E-state index contributed by atoms with van der Waals surface area (Å²) in [5, 5.41) is 7.13. The highest BCUT2D eigenvalue weighted by Gasteiger charge is 2.10. The molecular weight excluding hydrogens is 352 g/mol. The maximum atomic E-state index is 12.3. The molecule has 0 unspecified atom stereocenters. The molecule has 1 amide bonds. The van der Waals surface area contributed by atoms with E-state index in [1.165, 1.54) is 5.56 Å². The van der Waals surface area contributed by atoms with Crippen molar-refractivity contribution in [3.8, 4) is 0 Å². The minimum Gasteiger partial charge on any atom is -0.370 e. The molecule has 0 saturated carbocycles. The summed E-state index contributed by atoms with van der Waals surface area (Å²) in [6.07, 6.45) is 3.49. The number of hydrogen-bond acceptors (Lipinski definition) is 5. The molecule has 4 rings (SSSR count). The Labute approximate surface area is 162 Å². The number of nitrogens with one attached hydrogen (secondary N) is 1. The molecule has 0 radical (unpaired) electrons. The molecule has 0 aliphatic heterocycles. The number of anilines is 2. The molecule has 0 saturated heterocycles. The number of rotatable bonds is 6. The Hall–Kier alpha value is -3.74. The van der Waals surface area contributed by atoms with Gasteiger partial charge in [-0.05, 0) is 35.9 Å². The molecule has 7 heteroatoms. The highest BCUT2D eigenvalue weighted by Crippen LogP contribution is 2.19. The zero-order valence-electron chi connectivity index (χ0n) is 15.5. The highest BCUT2D eigenvalue weighted by molar-refractivity contribution is 5.92. The third-order valence-corrected chi connectivity index (χ3v) is 4.33. The summed E-state index contributed by atoms with van der Waals surface area (Å²) < 4.78 is 1.56. The maximum Gasteiger partial charge on any atom is 0.252 e. The summed E-state index contributed by atoms with van der Waals surface area (Å²) in [7, 11) is 2.05. The molecule has 28 heavy (non-hydrogen) atoms. The van der Waals surface area contributed by atoms with Crippen molar-refractivity contribution >= 4 is 23.1 Å². The lowest BCUT2D eigenvalue weighted by Crippen LogP contribution is -2.17. The van der Waals surface area contributed by atoms with Gasteiger partial charge in [-0.3, -0.25) is 4.79 Å². The van der Waals surface area contributed by atoms with Crippen LogP contribution in [0.3, 0.4) is 0 Å². The third kappa shape index (κ3) is 4.15. The van der Waals surface area contributed by atoms with Crippen LogP contribution in [0, 0.1) is 0 Å². The SMILES string of the molecule is CN(Cc1ccccc1)c1ccc(NC(=O)Cc2nc3ncccn3n2)cc1. The number of hydrogen-bond donors (Lipinski definition) is 1. The van der Waals surface area contributed by atoms with Crippen molar-refractivity contribution in [2.24, 2.45) is 0 Å². The molecule has 2 aromatic carbocycles. The quantitative estimate of drug-likeness (QED) is 0.563. The monoisotopic (exact) mass is 372 g/mol. The van der Waals surface area contributed by atoms with E-state index < -0.39 is 0 Å². The van der Waals surface area contributed by atoms with Crippen molar-refractivity contribution in [3.05, 3.63) is 84.4 Å². The largest absolute Gasteiger partial charge is 0.370 e. The second-order valence-electron chi connectivity index (χ2n) is 6.51. The summed E-state index contributed by atoms with van der Waals surface area (Å²) in [5.74, 6) is 0.757. The van der Waals surface area contributed by atoms with Gasteiger partial charge in [-0.2, -0.15) is 4.98 Å². The Kier molecular flexibility index (Phi) is 4.97. The first-order valence-electron chi connectivity index (χ1n) is 8.98. The number of carbonyl (C=O) groups excluding carboxylic acids is 1. The topological polar surface area (TPSA) is 75.4 Å². The molecule has 0 aliphatic carbocycles. The van der Waals surface area contributed by atoms with E-state index in [9.17, 15) is 4.79 Å². The van der Waals surface area contributed by atoms with Crippen LogP contribution >= 0.6 is 0 Å². The lowest BCUT2D eigenvalue weighted by molar-refractivity contribution is -0.115. The van der Waals surface area contributed by atoms with Gasteiger partial charge in [-0.25, -0.2) is 9.50 Å². The maximum absolute atomic E-state index is 12.3. The van der Waals surface area contributed by atoms with Gasteiger partial charge in [0.05, 0.1) is 6.42 Å². The van der Waals surface area contributed by atoms with Gasteiger partial charge >= 0.3 is 0 Å². The van der Waals surface area contributed by atoms with Crippen molar-refractivity contribution in [3.63, 3.8) is 0 Å². The van der Waals surface area contributed by atoms with Gasteiger partial charge < -0.3 is 10.2 Å². The first kappa shape index (κ1) is 17.7. The molecule has 0 bridgehead atoms. The minimum absolute atomic E-state index is 0.0963. The Morgan fingerprint density at radius 2 is 1.86 bits per heavy atom. The van der Waals surface area contributed by atoms with Crippen LogP contribution in [0.2, 0.25) is 0 Å². The van der Waals surface area contributed by atoms with E-state index in [0.717, 1.165) is 17.9 Å². The van der Waals surface area contributed by atoms with E-state index in [0.29, 0.717) is 11.6 Å². The number of carbonyl (C=O) groups is 1. The highest BCUT2D eigenvalue weighted by atomic mass is 16.1. The van der Waals surface area contributed by atoms with E-state index in [1.54, 1.807) is 23.0 Å². The van der Waals surface area contributed by atoms with Gasteiger partial charge in [-0.15, -0.1) is 5.10 Å². The second kappa shape index (κ2) is 7.87. The molecular formula is C21H20N6O. The van der Waals surface area contributed by atoms with Crippen LogP contribution in [0.25, 0.3) is 5.78 Å². The molecule has 7 nitrogen and oxygen atoms in total. The summed E-state index contributed by atoms with van der Waals surface area (Å²) in [6.45, 7) is 0.820. The van der Waals surface area contributed by atoms with Crippen LogP contribution in [0.5, 0.6) is 0 Å².